The van der Waals surface area contributed by atoms with Crippen molar-refractivity contribution < 1.29 is 9.47 Å². The zero-order chi connectivity index (χ0) is 26.0. The van der Waals surface area contributed by atoms with Gasteiger partial charge in [0, 0.05) is 6.07 Å². The second kappa shape index (κ2) is 14.4. The summed E-state index contributed by atoms with van der Waals surface area (Å²) in [6.45, 7) is 26.3. The smallest absolute Gasteiger partial charge is 0.123 e. The van der Waals surface area contributed by atoms with E-state index in [9.17, 15) is 0 Å². The molecule has 0 spiro atoms. The van der Waals surface area contributed by atoms with Crippen LogP contribution in [0.25, 0.3) is 0 Å². The summed E-state index contributed by atoms with van der Waals surface area (Å²) in [5.41, 5.74) is 5.76. The normalized spacial score (nSPS) is 11.6. The Hall–Kier alpha value is -1.96. The van der Waals surface area contributed by atoms with Crippen LogP contribution in [0, 0.1) is 11.8 Å². The van der Waals surface area contributed by atoms with Gasteiger partial charge in [-0.2, -0.15) is 0 Å². The van der Waals surface area contributed by atoms with E-state index < -0.39 is 0 Å². The van der Waals surface area contributed by atoms with Gasteiger partial charge in [0.25, 0.3) is 0 Å². The minimum atomic E-state index is 0.186. The number of ether oxygens (including phenoxy) is 2. The summed E-state index contributed by atoms with van der Waals surface area (Å²) in [5.74, 6) is 4.43. The number of rotatable bonds is 10. The molecule has 2 aromatic carbocycles. The topological polar surface area (TPSA) is 18.5 Å². The van der Waals surface area contributed by atoms with Crippen molar-refractivity contribution in [3.05, 3.63) is 58.7 Å². The Morgan fingerprint density at radius 1 is 0.471 bits per heavy atom. The molecule has 0 aliphatic carbocycles. The fourth-order valence-corrected chi connectivity index (χ4v) is 3.90. The molecular formula is C32H52O2. The van der Waals surface area contributed by atoms with E-state index in [4.69, 9.17) is 9.47 Å². The molecule has 0 aromatic heterocycles. The Labute approximate surface area is 211 Å². The fraction of sp³-hybridized carbons (Fsp3) is 0.625. The van der Waals surface area contributed by atoms with E-state index in [1.54, 1.807) is 0 Å². The summed E-state index contributed by atoms with van der Waals surface area (Å²) in [4.78, 5) is 0. The lowest BCUT2D eigenvalue weighted by molar-refractivity contribution is 0.228. The lowest BCUT2D eigenvalue weighted by atomic mass is 9.90. The molecule has 0 unspecified atom stereocenters. The average molecular weight is 469 g/mol. The maximum atomic E-state index is 5.78. The van der Waals surface area contributed by atoms with E-state index in [0.29, 0.717) is 17.8 Å². The Balaban J connectivity index is 0.000000342. The highest BCUT2D eigenvalue weighted by Gasteiger charge is 2.09. The van der Waals surface area contributed by atoms with Gasteiger partial charge in [-0.1, -0.05) is 73.6 Å². The Kier molecular flexibility index (Phi) is 12.8. The van der Waals surface area contributed by atoms with Crippen LogP contribution in [-0.4, -0.2) is 12.2 Å². The van der Waals surface area contributed by atoms with E-state index in [2.05, 4.69) is 85.7 Å². The maximum absolute atomic E-state index is 5.78. The fourth-order valence-electron chi connectivity index (χ4n) is 3.90. The number of benzene rings is 2. The van der Waals surface area contributed by atoms with Crippen molar-refractivity contribution in [1.82, 2.24) is 0 Å². The third-order valence-electron chi connectivity index (χ3n) is 5.34. The maximum Gasteiger partial charge on any atom is 0.123 e. The monoisotopic (exact) mass is 468 g/mol. The Morgan fingerprint density at radius 3 is 1.12 bits per heavy atom. The summed E-state index contributed by atoms with van der Waals surface area (Å²) in [6, 6.07) is 13.4. The van der Waals surface area contributed by atoms with Crippen LogP contribution < -0.4 is 9.47 Å². The third-order valence-corrected chi connectivity index (χ3v) is 5.34. The van der Waals surface area contributed by atoms with E-state index in [-0.39, 0.29) is 12.2 Å². The molecule has 0 amide bonds. The molecule has 0 atom stereocenters. The van der Waals surface area contributed by atoms with Crippen LogP contribution in [0.1, 0.15) is 117 Å². The van der Waals surface area contributed by atoms with Crippen molar-refractivity contribution in [1.29, 1.82) is 0 Å². The molecule has 0 aliphatic heterocycles. The molecule has 2 aromatic rings. The van der Waals surface area contributed by atoms with Gasteiger partial charge in [0.05, 0.1) is 12.2 Å². The molecule has 2 rings (SSSR count). The van der Waals surface area contributed by atoms with Crippen molar-refractivity contribution in [3.63, 3.8) is 0 Å². The molecule has 0 bridgehead atoms. The van der Waals surface area contributed by atoms with E-state index >= 15 is 0 Å². The van der Waals surface area contributed by atoms with Crippen LogP contribution in [-0.2, 0) is 12.8 Å². The number of hydrogen-bond donors (Lipinski definition) is 0. The van der Waals surface area contributed by atoms with Gasteiger partial charge >= 0.3 is 0 Å². The highest BCUT2D eigenvalue weighted by atomic mass is 16.5. The van der Waals surface area contributed by atoms with Crippen LogP contribution in [0.15, 0.2) is 36.4 Å². The van der Waals surface area contributed by atoms with Crippen LogP contribution in [0.3, 0.4) is 0 Å². The zero-order valence-corrected chi connectivity index (χ0v) is 24.2. The second-order valence-electron chi connectivity index (χ2n) is 11.7. The van der Waals surface area contributed by atoms with Gasteiger partial charge in [0.1, 0.15) is 11.5 Å². The highest BCUT2D eigenvalue weighted by molar-refractivity contribution is 5.39. The van der Waals surface area contributed by atoms with Gasteiger partial charge in [0.2, 0.25) is 0 Å². The van der Waals surface area contributed by atoms with Gasteiger partial charge in [0.15, 0.2) is 0 Å². The molecule has 0 heterocycles. The summed E-state index contributed by atoms with van der Waals surface area (Å²) < 4.78 is 11.6. The zero-order valence-electron chi connectivity index (χ0n) is 24.2. The van der Waals surface area contributed by atoms with Crippen molar-refractivity contribution in [2.24, 2.45) is 11.8 Å². The quantitative estimate of drug-likeness (QED) is 0.345. The SMILES string of the molecule is CC(C)Cc1cc(C(C)C)cc(C(C)C)c1.CC(C)Cc1cc(OC(C)C)cc(OC(C)C)c1. The first-order valence-electron chi connectivity index (χ1n) is 13.4. The van der Waals surface area contributed by atoms with Crippen LogP contribution in [0.4, 0.5) is 0 Å². The predicted molar refractivity (Wildman–Crippen MR) is 150 cm³/mol. The van der Waals surface area contributed by atoms with Gasteiger partial charge < -0.3 is 9.47 Å². The predicted octanol–water partition coefficient (Wildman–Crippen LogP) is 9.59. The largest absolute Gasteiger partial charge is 0.491 e. The highest BCUT2D eigenvalue weighted by Crippen LogP contribution is 2.27. The molecule has 0 radical (unpaired) electrons. The molecule has 2 nitrogen and oxygen atoms in total. The summed E-state index contributed by atoms with van der Waals surface area (Å²) in [6.07, 6.45) is 2.61. The summed E-state index contributed by atoms with van der Waals surface area (Å²) >= 11 is 0. The van der Waals surface area contributed by atoms with E-state index in [0.717, 1.165) is 23.8 Å². The molecular weight excluding hydrogens is 416 g/mol. The summed E-state index contributed by atoms with van der Waals surface area (Å²) in [5, 5.41) is 0. The van der Waals surface area contributed by atoms with Crippen molar-refractivity contribution in [2.75, 3.05) is 0 Å². The van der Waals surface area contributed by atoms with E-state index in [1.165, 1.54) is 28.7 Å². The van der Waals surface area contributed by atoms with Crippen LogP contribution in [0.2, 0.25) is 0 Å². The van der Waals surface area contributed by atoms with Gasteiger partial charge in [-0.05, 0) is 98.6 Å². The first-order valence-corrected chi connectivity index (χ1v) is 13.4. The molecule has 34 heavy (non-hydrogen) atoms. The first-order chi connectivity index (χ1) is 15.8. The third kappa shape index (κ3) is 12.0. The molecule has 0 saturated carbocycles. The van der Waals surface area contributed by atoms with Crippen LogP contribution in [0.5, 0.6) is 11.5 Å². The van der Waals surface area contributed by atoms with Crippen molar-refractivity contribution in [3.8, 4) is 11.5 Å². The minimum Gasteiger partial charge on any atom is -0.491 e. The van der Waals surface area contributed by atoms with Crippen LogP contribution >= 0.6 is 0 Å². The van der Waals surface area contributed by atoms with Gasteiger partial charge in [-0.15, -0.1) is 0 Å². The molecule has 0 N–H and O–H groups in total. The second-order valence-corrected chi connectivity index (χ2v) is 11.7. The first kappa shape index (κ1) is 30.1. The standard InChI is InChI=1S/C16H26O2.C16H26/c1-11(2)7-14-8-15(17-12(3)4)10-16(9-14)18-13(5)6;1-11(2)7-14-8-15(12(3)4)10-16(9-14)13(5)6/h8-13H,7H2,1-6H3;8-13H,7H2,1-6H3. The molecule has 0 aliphatic rings. The number of hydrogen-bond acceptors (Lipinski definition) is 2. The lowest BCUT2D eigenvalue weighted by Gasteiger charge is -2.16. The molecule has 0 saturated heterocycles. The van der Waals surface area contributed by atoms with Gasteiger partial charge in [-0.25, -0.2) is 0 Å². The molecule has 192 valence electrons. The molecule has 0 fully saturated rings. The van der Waals surface area contributed by atoms with Crippen molar-refractivity contribution in [2.45, 2.75) is 120 Å². The van der Waals surface area contributed by atoms with Crippen molar-refractivity contribution >= 4 is 0 Å². The van der Waals surface area contributed by atoms with E-state index in [1.807, 2.05) is 33.8 Å². The van der Waals surface area contributed by atoms with Gasteiger partial charge in [-0.3, -0.25) is 0 Å². The lowest BCUT2D eigenvalue weighted by Crippen LogP contribution is -2.09. The Morgan fingerprint density at radius 2 is 0.824 bits per heavy atom. The Bertz CT molecular complexity index is 748. The summed E-state index contributed by atoms with van der Waals surface area (Å²) in [7, 11) is 0. The molecule has 2 heteroatoms. The minimum absolute atomic E-state index is 0.186. The average Bonchev–Trinajstić information content (AvgIpc) is 2.65.